The third kappa shape index (κ3) is 6.62. The number of pyridine rings is 3. The predicted molar refractivity (Wildman–Crippen MR) is 162 cm³/mol. The first-order chi connectivity index (χ1) is 19.9. The van der Waals surface area contributed by atoms with Crippen molar-refractivity contribution in [2.24, 2.45) is 0 Å². The van der Waals surface area contributed by atoms with E-state index in [2.05, 4.69) is 84.5 Å². The molecule has 5 nitrogen and oxygen atoms in total. The maximum Gasteiger partial charge on any atom is 3.00 e. The molecule has 6 rings (SSSR count). The smallest absolute Gasteiger partial charge is 0.574 e. The van der Waals surface area contributed by atoms with Gasteiger partial charge in [0.05, 0.1) is 17.1 Å². The third-order valence-corrected chi connectivity index (χ3v) is 7.28. The van der Waals surface area contributed by atoms with E-state index in [1.54, 1.807) is 12.4 Å². The predicted octanol–water partition coefficient (Wildman–Crippen LogP) is 7.16. The number of aromatic nitrogens is 5. The van der Waals surface area contributed by atoms with Crippen molar-refractivity contribution in [1.82, 2.24) is 25.1 Å². The first-order valence-electron chi connectivity index (χ1n) is 13.6. The Bertz CT molecular complexity index is 1620. The van der Waals surface area contributed by atoms with Crippen molar-refractivity contribution < 1.29 is 20.1 Å². The molecule has 0 amide bonds. The first-order valence-corrected chi connectivity index (χ1v) is 13.6. The molecule has 0 spiro atoms. The number of benzene rings is 2. The molecule has 0 fully saturated rings. The number of hydrogen-bond acceptors (Lipinski definition) is 4. The minimum Gasteiger partial charge on any atom is -0.574 e. The molecule has 0 saturated carbocycles. The monoisotopic (exact) mass is 727 g/mol. The fourth-order valence-electron chi connectivity index (χ4n) is 4.77. The van der Waals surface area contributed by atoms with Gasteiger partial charge in [-0.05, 0) is 64.1 Å². The van der Waals surface area contributed by atoms with E-state index in [4.69, 9.17) is 9.97 Å². The summed E-state index contributed by atoms with van der Waals surface area (Å²) in [5.41, 5.74) is 6.47. The average Bonchev–Trinajstić information content (AvgIpc) is 3.49. The molecule has 0 atom stereocenters. The van der Waals surface area contributed by atoms with E-state index in [1.165, 1.54) is 0 Å². The van der Waals surface area contributed by atoms with Gasteiger partial charge < -0.3 is 10.2 Å². The summed E-state index contributed by atoms with van der Waals surface area (Å²) < 4.78 is 0. The van der Waals surface area contributed by atoms with Gasteiger partial charge in [0.1, 0.15) is 0 Å². The molecule has 2 aromatic carbocycles. The Morgan fingerprint density at radius 3 is 1.74 bits per heavy atom. The molecule has 0 N–H and O–H groups in total. The van der Waals surface area contributed by atoms with Gasteiger partial charge in [-0.3, -0.25) is 15.0 Å². The Morgan fingerprint density at radius 2 is 1.24 bits per heavy atom. The second-order valence-corrected chi connectivity index (χ2v) is 10.5. The Kier molecular flexibility index (Phi) is 9.95. The molecule has 0 bridgehead atoms. The maximum absolute atomic E-state index is 5.24. The zero-order valence-electron chi connectivity index (χ0n) is 24.1. The topological polar surface area (TPSA) is 65.7 Å². The molecule has 0 aliphatic heterocycles. The van der Waals surface area contributed by atoms with Gasteiger partial charge in [-0.15, -0.1) is 11.1 Å². The molecule has 4 aromatic heterocycles. The molecule has 6 heteroatoms. The molecular weight excluding hydrogens is 695 g/mol. The molecule has 0 radical (unpaired) electrons. The quantitative estimate of drug-likeness (QED) is 0.171. The standard InChI is InChI=1S/C31H27N4.C5H5N.Ir/c1-22-21-26(35-34-22)25-17-11-18-27(32-25)30(2,3)28-19-12-20-29(33-28)31(4,23-13-7-5-8-14-23)24-15-9-6-10-16-24;1-2-4-6-5-3-1;/h5-13,15,17-21H,1-4H3;1-5H;/q-3;;+3. The van der Waals surface area contributed by atoms with Crippen LogP contribution in [0.15, 0.2) is 122 Å². The van der Waals surface area contributed by atoms with Crippen LogP contribution in [0.5, 0.6) is 0 Å². The maximum atomic E-state index is 5.24. The minimum atomic E-state index is -0.508. The molecular formula is C36H32IrN5. The van der Waals surface area contributed by atoms with Gasteiger partial charge in [-0.2, -0.15) is 60.7 Å². The summed E-state index contributed by atoms with van der Waals surface area (Å²) in [6, 6.07) is 43.0. The van der Waals surface area contributed by atoms with Crippen molar-refractivity contribution in [3.63, 3.8) is 0 Å². The molecule has 4 heterocycles. The van der Waals surface area contributed by atoms with Crippen molar-refractivity contribution >= 4 is 0 Å². The molecule has 6 aromatic rings. The molecule has 210 valence electrons. The van der Waals surface area contributed by atoms with Crippen LogP contribution in [0.25, 0.3) is 11.4 Å². The van der Waals surface area contributed by atoms with Gasteiger partial charge in [0.25, 0.3) is 0 Å². The number of hydrogen-bond donors (Lipinski definition) is 0. The molecule has 0 aliphatic rings. The second-order valence-electron chi connectivity index (χ2n) is 10.5. The van der Waals surface area contributed by atoms with E-state index in [0.29, 0.717) is 0 Å². The number of aryl methyl sites for hydroxylation is 1. The largest absolute Gasteiger partial charge is 3.00 e. The van der Waals surface area contributed by atoms with Gasteiger partial charge in [0, 0.05) is 34.6 Å². The molecule has 0 saturated heterocycles. The van der Waals surface area contributed by atoms with Crippen LogP contribution in [-0.4, -0.2) is 20.1 Å². The van der Waals surface area contributed by atoms with Crippen LogP contribution >= 0.6 is 0 Å². The van der Waals surface area contributed by atoms with Gasteiger partial charge in [-0.25, -0.2) is 0 Å². The fraction of sp³-hybridized carbons (Fsp3) is 0.167. The van der Waals surface area contributed by atoms with Crippen LogP contribution in [0.4, 0.5) is 0 Å². The first kappa shape index (κ1) is 30.7. The number of nitrogens with zero attached hydrogens (tertiary/aromatic N) is 5. The summed E-state index contributed by atoms with van der Waals surface area (Å²) in [5, 5.41) is 8.39. The third-order valence-electron chi connectivity index (χ3n) is 7.28. The average molecular weight is 727 g/mol. The van der Waals surface area contributed by atoms with E-state index < -0.39 is 10.8 Å². The van der Waals surface area contributed by atoms with Gasteiger partial charge in [0.15, 0.2) is 0 Å². The Labute approximate surface area is 261 Å². The van der Waals surface area contributed by atoms with E-state index in [-0.39, 0.29) is 20.1 Å². The van der Waals surface area contributed by atoms with Crippen molar-refractivity contribution in [2.45, 2.75) is 38.5 Å². The van der Waals surface area contributed by atoms with Crippen LogP contribution in [0.1, 0.15) is 54.7 Å². The SMILES string of the molecule is Cc1cc(-c2cccc(C(C)(C)c3cccc(C(C)(c4[c-]cccc4)c4[c-]cccc4)n3)n2)[n-]n1.[Ir+3].c1ccncc1. The Balaban J connectivity index is 0.000000516. The summed E-state index contributed by atoms with van der Waals surface area (Å²) in [6.45, 7) is 8.45. The molecule has 42 heavy (non-hydrogen) atoms. The summed E-state index contributed by atoms with van der Waals surface area (Å²) in [4.78, 5) is 14.0. The van der Waals surface area contributed by atoms with Crippen LogP contribution < -0.4 is 5.10 Å². The van der Waals surface area contributed by atoms with Crippen molar-refractivity contribution in [3.8, 4) is 11.4 Å². The van der Waals surface area contributed by atoms with Gasteiger partial charge >= 0.3 is 20.1 Å². The van der Waals surface area contributed by atoms with Crippen LogP contribution in [0.3, 0.4) is 0 Å². The Hall–Kier alpha value is -4.25. The van der Waals surface area contributed by atoms with Crippen molar-refractivity contribution in [2.75, 3.05) is 0 Å². The number of rotatable bonds is 6. The zero-order valence-corrected chi connectivity index (χ0v) is 26.5. The summed E-state index contributed by atoms with van der Waals surface area (Å²) >= 11 is 0. The summed E-state index contributed by atoms with van der Waals surface area (Å²) in [5.74, 6) is 0. The summed E-state index contributed by atoms with van der Waals surface area (Å²) in [7, 11) is 0. The van der Waals surface area contributed by atoms with Gasteiger partial charge in [0.2, 0.25) is 0 Å². The second kappa shape index (κ2) is 13.6. The summed E-state index contributed by atoms with van der Waals surface area (Å²) in [6.07, 6.45) is 3.50. The molecule has 0 aliphatic carbocycles. The van der Waals surface area contributed by atoms with Crippen molar-refractivity contribution in [1.29, 1.82) is 0 Å². The van der Waals surface area contributed by atoms with E-state index in [0.717, 1.165) is 45.3 Å². The molecule has 0 unspecified atom stereocenters. The van der Waals surface area contributed by atoms with Crippen molar-refractivity contribution in [3.05, 3.63) is 168 Å². The van der Waals surface area contributed by atoms with E-state index in [9.17, 15) is 0 Å². The minimum absolute atomic E-state index is 0. The van der Waals surface area contributed by atoms with Gasteiger partial charge in [-0.1, -0.05) is 30.0 Å². The normalized spacial score (nSPS) is 11.1. The Morgan fingerprint density at radius 1 is 0.643 bits per heavy atom. The van der Waals surface area contributed by atoms with E-state index in [1.807, 2.05) is 79.7 Å². The zero-order chi connectivity index (χ0) is 28.7. The van der Waals surface area contributed by atoms with E-state index >= 15 is 0 Å². The van der Waals surface area contributed by atoms with Crippen LogP contribution in [0, 0.1) is 19.1 Å². The van der Waals surface area contributed by atoms with Crippen LogP contribution in [-0.2, 0) is 30.9 Å². The fourth-order valence-corrected chi connectivity index (χ4v) is 4.77. The van der Waals surface area contributed by atoms with Crippen LogP contribution in [0.2, 0.25) is 0 Å².